The Morgan fingerprint density at radius 3 is 2.48 bits per heavy atom. The maximum absolute atomic E-state index is 13.4. The number of halogens is 2. The number of carboxylic acids is 1. The van der Waals surface area contributed by atoms with Crippen LogP contribution in [-0.4, -0.2) is 34.0 Å². The predicted molar refractivity (Wildman–Crippen MR) is 117 cm³/mol. The van der Waals surface area contributed by atoms with E-state index in [0.29, 0.717) is 28.5 Å². The molecule has 4 atom stereocenters. The van der Waals surface area contributed by atoms with Crippen LogP contribution in [0.15, 0.2) is 48.5 Å². The van der Waals surface area contributed by atoms with Gasteiger partial charge in [-0.3, -0.25) is 9.59 Å². The number of nitrogens with zero attached hydrogens (tertiary/aromatic N) is 2. The molecule has 0 bridgehead atoms. The molecule has 1 saturated heterocycles. The minimum Gasteiger partial charge on any atom is -0.481 e. The van der Waals surface area contributed by atoms with Gasteiger partial charge in [-0.25, -0.2) is 0 Å². The molecule has 1 heterocycles. The maximum atomic E-state index is 13.4. The molecule has 8 heteroatoms. The number of amides is 1. The number of carboxylic acid groups (broad SMARTS) is 1. The Bertz CT molecular complexity index is 990. The number of hydrogen-bond donors (Lipinski definition) is 1. The van der Waals surface area contributed by atoms with Crippen molar-refractivity contribution in [2.24, 2.45) is 0 Å². The van der Waals surface area contributed by atoms with Gasteiger partial charge in [0.1, 0.15) is 18.2 Å². The van der Waals surface area contributed by atoms with Gasteiger partial charge in [0.05, 0.1) is 18.5 Å². The lowest BCUT2D eigenvalue weighted by Gasteiger charge is -2.46. The molecule has 0 spiro atoms. The lowest BCUT2D eigenvalue weighted by Crippen LogP contribution is -2.55. The minimum absolute atomic E-state index is 0.453. The van der Waals surface area contributed by atoms with E-state index >= 15 is 0 Å². The van der Waals surface area contributed by atoms with E-state index in [9.17, 15) is 20.0 Å². The Labute approximate surface area is 190 Å². The molecular weight excluding hydrogens is 439 g/mol. The lowest BCUT2D eigenvalue weighted by atomic mass is 9.89. The van der Waals surface area contributed by atoms with Gasteiger partial charge in [-0.15, -0.1) is 0 Å². The third-order valence-electron chi connectivity index (χ3n) is 5.22. The van der Waals surface area contributed by atoms with Crippen molar-refractivity contribution in [3.63, 3.8) is 0 Å². The number of ether oxygens (including phenoxy) is 1. The molecule has 1 aliphatic heterocycles. The van der Waals surface area contributed by atoms with Crippen molar-refractivity contribution >= 4 is 35.1 Å². The van der Waals surface area contributed by atoms with Crippen LogP contribution in [-0.2, 0) is 14.3 Å². The fourth-order valence-electron chi connectivity index (χ4n) is 3.88. The highest BCUT2D eigenvalue weighted by atomic mass is 35.5. The van der Waals surface area contributed by atoms with E-state index in [1.165, 1.54) is 4.90 Å². The molecule has 2 aromatic carbocycles. The zero-order chi connectivity index (χ0) is 22.5. The summed E-state index contributed by atoms with van der Waals surface area (Å²) in [6, 6.07) is 14.8. The quantitative estimate of drug-likeness (QED) is 0.615. The molecule has 0 aliphatic carbocycles. The highest BCUT2D eigenvalue weighted by Gasteiger charge is 2.47. The molecular formula is C23H22Cl2N2O4. The maximum Gasteiger partial charge on any atom is 0.306 e. The van der Waals surface area contributed by atoms with Crippen molar-refractivity contribution in [2.75, 3.05) is 0 Å². The number of carbonyl (C=O) groups is 2. The summed E-state index contributed by atoms with van der Waals surface area (Å²) in [7, 11) is 0. The molecule has 2 aromatic rings. The van der Waals surface area contributed by atoms with Gasteiger partial charge in [-0.2, -0.15) is 5.26 Å². The van der Waals surface area contributed by atoms with Crippen LogP contribution in [0.4, 0.5) is 0 Å². The molecule has 1 N–H and O–H groups in total. The zero-order valence-corrected chi connectivity index (χ0v) is 18.4. The second-order valence-electron chi connectivity index (χ2n) is 7.37. The largest absolute Gasteiger partial charge is 0.481 e. The first kappa shape index (κ1) is 23.1. The van der Waals surface area contributed by atoms with Gasteiger partial charge in [0.2, 0.25) is 0 Å². The summed E-state index contributed by atoms with van der Waals surface area (Å²) in [6.45, 7) is 1.93. The van der Waals surface area contributed by atoms with Crippen LogP contribution in [0.25, 0.3) is 0 Å². The van der Waals surface area contributed by atoms with Gasteiger partial charge in [0.25, 0.3) is 5.91 Å². The molecule has 31 heavy (non-hydrogen) atoms. The molecule has 0 aromatic heterocycles. The first-order chi connectivity index (χ1) is 14.8. The van der Waals surface area contributed by atoms with Crippen molar-refractivity contribution in [3.8, 4) is 6.07 Å². The second-order valence-corrected chi connectivity index (χ2v) is 8.25. The van der Waals surface area contributed by atoms with Crippen LogP contribution in [0.2, 0.25) is 10.0 Å². The smallest absolute Gasteiger partial charge is 0.306 e. The number of aliphatic carboxylic acids is 1. The van der Waals surface area contributed by atoms with E-state index in [4.69, 9.17) is 27.9 Å². The monoisotopic (exact) mass is 460 g/mol. The van der Waals surface area contributed by atoms with E-state index in [2.05, 4.69) is 6.07 Å². The van der Waals surface area contributed by atoms with Crippen LogP contribution in [0.3, 0.4) is 0 Å². The third-order valence-corrected chi connectivity index (χ3v) is 5.71. The molecule has 0 radical (unpaired) electrons. The highest BCUT2D eigenvalue weighted by Crippen LogP contribution is 2.44. The molecule has 162 valence electrons. The molecule has 1 aliphatic rings. The van der Waals surface area contributed by atoms with Gasteiger partial charge in [0.15, 0.2) is 0 Å². The van der Waals surface area contributed by atoms with E-state index in [1.807, 2.05) is 13.0 Å². The summed E-state index contributed by atoms with van der Waals surface area (Å²) < 4.78 is 6.08. The topological polar surface area (TPSA) is 90.6 Å². The summed E-state index contributed by atoms with van der Waals surface area (Å²) >= 11 is 12.3. The minimum atomic E-state index is -1.21. The van der Waals surface area contributed by atoms with Crippen molar-refractivity contribution < 1.29 is 19.4 Å². The van der Waals surface area contributed by atoms with Gasteiger partial charge in [-0.1, -0.05) is 60.8 Å². The number of nitriles is 1. The average molecular weight is 461 g/mol. The first-order valence-electron chi connectivity index (χ1n) is 9.95. The van der Waals surface area contributed by atoms with Crippen LogP contribution in [0.5, 0.6) is 0 Å². The van der Waals surface area contributed by atoms with E-state index in [0.717, 1.165) is 5.56 Å². The third kappa shape index (κ3) is 5.19. The first-order valence-corrected chi connectivity index (χ1v) is 10.7. The van der Waals surface area contributed by atoms with Gasteiger partial charge >= 0.3 is 5.97 Å². The molecule has 0 saturated carbocycles. The Morgan fingerprint density at radius 2 is 1.90 bits per heavy atom. The Morgan fingerprint density at radius 1 is 1.19 bits per heavy atom. The van der Waals surface area contributed by atoms with Gasteiger partial charge < -0.3 is 14.7 Å². The van der Waals surface area contributed by atoms with Gasteiger partial charge in [-0.05, 0) is 41.8 Å². The molecule has 0 unspecified atom stereocenters. The van der Waals surface area contributed by atoms with Gasteiger partial charge in [0, 0.05) is 10.0 Å². The fourth-order valence-corrected chi connectivity index (χ4v) is 4.20. The summed E-state index contributed by atoms with van der Waals surface area (Å²) in [5, 5.41) is 20.2. The van der Waals surface area contributed by atoms with E-state index in [-0.39, 0.29) is 0 Å². The number of hydrogen-bond acceptors (Lipinski definition) is 4. The Kier molecular flexibility index (Phi) is 7.55. The normalized spacial score (nSPS) is 22.1. The predicted octanol–water partition coefficient (Wildman–Crippen LogP) is 5.17. The standard InChI is InChI=1S/C23H22Cl2N2O4/c1-2-4-18(13-26)27-21(14-7-9-16(24)10-8-14)22(15-5-3-6-17(25)11-15)31-19(23(27)30)12-20(28)29/h3,5-11,18-19,21-22H,2,4,12H2,1H3,(H,28,29)/t18-,19-,21+,22-/m0/s1. The number of rotatable bonds is 7. The van der Waals surface area contributed by atoms with Crippen LogP contribution in [0.1, 0.15) is 49.5 Å². The Balaban J connectivity index is 2.18. The van der Waals surface area contributed by atoms with Crippen molar-refractivity contribution in [2.45, 2.75) is 50.5 Å². The summed E-state index contributed by atoms with van der Waals surface area (Å²) in [4.78, 5) is 26.3. The second kappa shape index (κ2) is 10.1. The average Bonchev–Trinajstić information content (AvgIpc) is 2.74. The number of benzene rings is 2. The summed E-state index contributed by atoms with van der Waals surface area (Å²) in [6.07, 6.45) is -1.28. The molecule has 1 amide bonds. The van der Waals surface area contributed by atoms with Crippen LogP contribution >= 0.6 is 23.2 Å². The van der Waals surface area contributed by atoms with E-state index < -0.39 is 42.6 Å². The lowest BCUT2D eigenvalue weighted by molar-refractivity contribution is -0.181. The zero-order valence-electron chi connectivity index (χ0n) is 16.9. The summed E-state index contributed by atoms with van der Waals surface area (Å²) in [5.41, 5.74) is 1.42. The van der Waals surface area contributed by atoms with Crippen molar-refractivity contribution in [1.82, 2.24) is 4.90 Å². The Hall–Kier alpha value is -2.59. The SMILES string of the molecule is CCC[C@@H](C#N)N1C(=O)[C@H](CC(=O)O)O[C@@H](c2cccc(Cl)c2)[C@H]1c1ccc(Cl)cc1. The van der Waals surface area contributed by atoms with Crippen molar-refractivity contribution in [3.05, 3.63) is 69.7 Å². The number of morpholine rings is 1. The van der Waals surface area contributed by atoms with Crippen LogP contribution < -0.4 is 0 Å². The molecule has 1 fully saturated rings. The van der Waals surface area contributed by atoms with Crippen LogP contribution in [0, 0.1) is 11.3 Å². The van der Waals surface area contributed by atoms with E-state index in [1.54, 1.807) is 42.5 Å². The number of carbonyl (C=O) groups excluding carboxylic acids is 1. The van der Waals surface area contributed by atoms with Crippen molar-refractivity contribution in [1.29, 1.82) is 5.26 Å². The highest BCUT2D eigenvalue weighted by molar-refractivity contribution is 6.30. The molecule has 3 rings (SSSR count). The fraction of sp³-hybridized carbons (Fsp3) is 0.348. The molecule has 6 nitrogen and oxygen atoms in total. The summed E-state index contributed by atoms with van der Waals surface area (Å²) in [5.74, 6) is -1.67.